The molecule has 0 aliphatic heterocycles. The number of hydrogen-bond donors (Lipinski definition) is 0. The van der Waals surface area contributed by atoms with Crippen LogP contribution in [0.5, 0.6) is 0 Å². The fraction of sp³-hybridized carbons (Fsp3) is 0.333. The number of halogens is 3. The van der Waals surface area contributed by atoms with E-state index in [9.17, 15) is 18.0 Å². The van der Waals surface area contributed by atoms with Gasteiger partial charge in [-0.2, -0.15) is 13.2 Å². The second kappa shape index (κ2) is 7.03. The third-order valence-electron chi connectivity index (χ3n) is 3.64. The molecule has 0 saturated heterocycles. The van der Waals surface area contributed by atoms with Crippen LogP contribution in [0.4, 0.5) is 13.2 Å². The fourth-order valence-electron chi connectivity index (χ4n) is 2.59. The van der Waals surface area contributed by atoms with Crippen LogP contribution in [0, 0.1) is 13.8 Å². The molecule has 0 radical (unpaired) electrons. The van der Waals surface area contributed by atoms with E-state index in [1.165, 1.54) is 23.1 Å². The van der Waals surface area contributed by atoms with E-state index in [0.717, 1.165) is 17.3 Å². The number of aromatic nitrogens is 1. The summed E-state index contributed by atoms with van der Waals surface area (Å²) in [5.41, 5.74) is 1.80. The fourth-order valence-corrected chi connectivity index (χ4v) is 2.59. The van der Waals surface area contributed by atoms with Crippen molar-refractivity contribution in [2.75, 3.05) is 7.05 Å². The molecule has 0 unspecified atom stereocenters. The van der Waals surface area contributed by atoms with Gasteiger partial charge in [-0.05, 0) is 43.2 Å². The molecule has 3 nitrogen and oxygen atoms in total. The van der Waals surface area contributed by atoms with Crippen molar-refractivity contribution >= 4 is 5.91 Å². The number of pyridine rings is 1. The van der Waals surface area contributed by atoms with Crippen LogP contribution in [-0.4, -0.2) is 22.8 Å². The molecule has 0 aliphatic rings. The lowest BCUT2D eigenvalue weighted by molar-refractivity contribution is -0.138. The minimum Gasteiger partial charge on any atom is -0.340 e. The van der Waals surface area contributed by atoms with Crippen molar-refractivity contribution < 1.29 is 18.0 Å². The van der Waals surface area contributed by atoms with Crippen LogP contribution < -0.4 is 0 Å². The summed E-state index contributed by atoms with van der Waals surface area (Å²) in [6, 6.07) is 8.94. The average molecular weight is 336 g/mol. The van der Waals surface area contributed by atoms with E-state index >= 15 is 0 Å². The van der Waals surface area contributed by atoms with E-state index in [1.807, 2.05) is 26.0 Å². The van der Waals surface area contributed by atoms with E-state index in [2.05, 4.69) is 4.98 Å². The van der Waals surface area contributed by atoms with Gasteiger partial charge in [0.15, 0.2) is 0 Å². The number of benzene rings is 1. The van der Waals surface area contributed by atoms with Crippen molar-refractivity contribution in [1.29, 1.82) is 0 Å². The Balaban J connectivity index is 2.12. The first kappa shape index (κ1) is 18.0. The van der Waals surface area contributed by atoms with Crippen molar-refractivity contribution in [3.8, 4) is 0 Å². The van der Waals surface area contributed by atoms with Crippen LogP contribution in [-0.2, 0) is 23.9 Å². The van der Waals surface area contributed by atoms with Gasteiger partial charge in [0.25, 0.3) is 0 Å². The van der Waals surface area contributed by atoms with E-state index in [1.54, 1.807) is 7.05 Å². The number of amides is 1. The van der Waals surface area contributed by atoms with Crippen LogP contribution in [0.3, 0.4) is 0 Å². The van der Waals surface area contributed by atoms with Gasteiger partial charge in [-0.15, -0.1) is 0 Å². The molecular formula is C18H19F3N2O. The highest BCUT2D eigenvalue weighted by Crippen LogP contribution is 2.32. The minimum atomic E-state index is -4.47. The van der Waals surface area contributed by atoms with E-state index < -0.39 is 11.7 Å². The molecule has 0 fully saturated rings. The number of rotatable bonds is 4. The maximum atomic E-state index is 13.0. The molecule has 2 rings (SSSR count). The third kappa shape index (κ3) is 4.57. The second-order valence-corrected chi connectivity index (χ2v) is 5.86. The number of nitrogens with zero attached hydrogens (tertiary/aromatic N) is 2. The molecule has 0 bridgehead atoms. The average Bonchev–Trinajstić information content (AvgIpc) is 2.45. The smallest absolute Gasteiger partial charge is 0.340 e. The quantitative estimate of drug-likeness (QED) is 0.848. The molecule has 128 valence electrons. The van der Waals surface area contributed by atoms with Crippen LogP contribution >= 0.6 is 0 Å². The van der Waals surface area contributed by atoms with Crippen LogP contribution in [0.25, 0.3) is 0 Å². The second-order valence-electron chi connectivity index (χ2n) is 5.86. The molecule has 1 amide bonds. The maximum Gasteiger partial charge on any atom is 0.416 e. The van der Waals surface area contributed by atoms with Gasteiger partial charge in [0.05, 0.1) is 24.2 Å². The van der Waals surface area contributed by atoms with E-state index in [4.69, 9.17) is 0 Å². The van der Waals surface area contributed by atoms with Crippen molar-refractivity contribution in [2.45, 2.75) is 33.0 Å². The van der Waals surface area contributed by atoms with Gasteiger partial charge in [0, 0.05) is 12.7 Å². The monoisotopic (exact) mass is 336 g/mol. The Bertz CT molecular complexity index is 721. The summed E-state index contributed by atoms with van der Waals surface area (Å²) in [6.45, 7) is 4.05. The Kier molecular flexibility index (Phi) is 5.26. The summed E-state index contributed by atoms with van der Waals surface area (Å²) in [7, 11) is 1.57. The number of likely N-dealkylation sites (N-methyl/N-ethyl adjacent to an activating group) is 1. The Morgan fingerprint density at radius 1 is 1.17 bits per heavy atom. The predicted octanol–water partition coefficient (Wildman–Crippen LogP) is 3.92. The molecule has 1 aromatic carbocycles. The molecule has 0 aliphatic carbocycles. The molecule has 0 saturated carbocycles. The van der Waals surface area contributed by atoms with Gasteiger partial charge < -0.3 is 4.90 Å². The molecule has 6 heteroatoms. The van der Waals surface area contributed by atoms with Crippen molar-refractivity contribution in [2.24, 2.45) is 0 Å². The lowest BCUT2D eigenvalue weighted by Crippen LogP contribution is -2.29. The van der Waals surface area contributed by atoms with Gasteiger partial charge in [-0.3, -0.25) is 9.78 Å². The first-order chi connectivity index (χ1) is 11.2. The molecule has 1 heterocycles. The zero-order valence-electron chi connectivity index (χ0n) is 13.8. The number of alkyl halides is 3. The van der Waals surface area contributed by atoms with Gasteiger partial charge >= 0.3 is 6.18 Å². The van der Waals surface area contributed by atoms with Gasteiger partial charge in [-0.25, -0.2) is 0 Å². The molecule has 0 atom stereocenters. The first-order valence-electron chi connectivity index (χ1n) is 7.50. The maximum absolute atomic E-state index is 13.0. The SMILES string of the molecule is Cc1cc(C)nc(CN(C)C(=O)Cc2ccccc2C(F)(F)F)c1. The van der Waals surface area contributed by atoms with Gasteiger partial charge in [0.1, 0.15) is 0 Å². The summed E-state index contributed by atoms with van der Waals surface area (Å²) < 4.78 is 39.0. The number of hydrogen-bond acceptors (Lipinski definition) is 2. The zero-order valence-corrected chi connectivity index (χ0v) is 13.8. The Hall–Kier alpha value is -2.37. The standard InChI is InChI=1S/C18H19F3N2O/c1-12-8-13(2)22-15(9-12)11-23(3)17(24)10-14-6-4-5-7-16(14)18(19,20)21/h4-9H,10-11H2,1-3H3. The largest absolute Gasteiger partial charge is 0.416 e. The molecule has 2 aromatic rings. The van der Waals surface area contributed by atoms with Crippen LogP contribution in [0.1, 0.15) is 28.1 Å². The Labute approximate surface area is 139 Å². The van der Waals surface area contributed by atoms with Crippen molar-refractivity contribution in [1.82, 2.24) is 9.88 Å². The Morgan fingerprint density at radius 2 is 1.83 bits per heavy atom. The normalized spacial score (nSPS) is 11.4. The number of carbonyl (C=O) groups is 1. The molecular weight excluding hydrogens is 317 g/mol. The summed E-state index contributed by atoms with van der Waals surface area (Å²) >= 11 is 0. The zero-order chi connectivity index (χ0) is 17.9. The molecule has 0 N–H and O–H groups in total. The minimum absolute atomic E-state index is 0.0183. The van der Waals surface area contributed by atoms with Gasteiger partial charge in [0.2, 0.25) is 5.91 Å². The van der Waals surface area contributed by atoms with Crippen LogP contribution in [0.2, 0.25) is 0 Å². The third-order valence-corrected chi connectivity index (χ3v) is 3.64. The lowest BCUT2D eigenvalue weighted by Gasteiger charge is -2.19. The summed E-state index contributed by atoms with van der Waals surface area (Å²) in [5, 5.41) is 0. The topological polar surface area (TPSA) is 33.2 Å². The summed E-state index contributed by atoms with van der Waals surface area (Å²) in [6.07, 6.45) is -4.76. The molecule has 1 aromatic heterocycles. The predicted molar refractivity (Wildman–Crippen MR) is 85.3 cm³/mol. The van der Waals surface area contributed by atoms with Crippen molar-refractivity contribution in [3.05, 3.63) is 64.5 Å². The van der Waals surface area contributed by atoms with Gasteiger partial charge in [-0.1, -0.05) is 18.2 Å². The van der Waals surface area contributed by atoms with Crippen molar-refractivity contribution in [3.63, 3.8) is 0 Å². The molecule has 0 spiro atoms. The lowest BCUT2D eigenvalue weighted by atomic mass is 10.0. The molecule has 24 heavy (non-hydrogen) atoms. The van der Waals surface area contributed by atoms with E-state index in [0.29, 0.717) is 5.69 Å². The summed E-state index contributed by atoms with van der Waals surface area (Å²) in [4.78, 5) is 18.0. The highest BCUT2D eigenvalue weighted by molar-refractivity contribution is 5.79. The number of aryl methyl sites for hydroxylation is 2. The Morgan fingerprint density at radius 3 is 2.46 bits per heavy atom. The first-order valence-corrected chi connectivity index (χ1v) is 7.50. The van der Waals surface area contributed by atoms with Crippen LogP contribution in [0.15, 0.2) is 36.4 Å². The highest BCUT2D eigenvalue weighted by Gasteiger charge is 2.33. The summed E-state index contributed by atoms with van der Waals surface area (Å²) in [5.74, 6) is -0.382. The highest BCUT2D eigenvalue weighted by atomic mass is 19.4. The van der Waals surface area contributed by atoms with E-state index in [-0.39, 0.29) is 24.4 Å². The number of carbonyl (C=O) groups excluding carboxylic acids is 1.